The first-order valence-electron chi connectivity index (χ1n) is 7.26. The quantitative estimate of drug-likeness (QED) is 0.893. The zero-order valence-electron chi connectivity index (χ0n) is 12.0. The minimum absolute atomic E-state index is 0.0801. The van der Waals surface area contributed by atoms with Crippen molar-refractivity contribution in [3.8, 4) is 0 Å². The number of aromatic nitrogens is 1. The number of hydrogen-bond acceptors (Lipinski definition) is 4. The van der Waals surface area contributed by atoms with Crippen molar-refractivity contribution >= 4 is 23.3 Å². The van der Waals surface area contributed by atoms with Crippen LogP contribution in [0.15, 0.2) is 28.1 Å². The van der Waals surface area contributed by atoms with E-state index < -0.39 is 0 Å². The fraction of sp³-hybridized carbons (Fsp3) is 0.467. The Balaban J connectivity index is 1.67. The topological polar surface area (TPSA) is 67.2 Å². The Kier molecular flexibility index (Phi) is 4.24. The molecule has 1 atom stereocenters. The summed E-state index contributed by atoms with van der Waals surface area (Å²) in [6.45, 7) is 1.82. The van der Waals surface area contributed by atoms with Crippen LogP contribution in [0.1, 0.15) is 42.3 Å². The monoisotopic (exact) mass is 305 g/mol. The highest BCUT2D eigenvalue weighted by Gasteiger charge is 2.28. The van der Waals surface area contributed by atoms with Crippen LogP contribution in [0, 0.1) is 12.8 Å². The number of hydrogen-bond donors (Lipinski definition) is 2. The normalized spacial score (nSPS) is 16.8. The molecule has 2 heterocycles. The van der Waals surface area contributed by atoms with E-state index >= 15 is 0 Å². The summed E-state index contributed by atoms with van der Waals surface area (Å²) in [6.07, 6.45) is 4.84. The van der Waals surface area contributed by atoms with Gasteiger partial charge in [-0.2, -0.15) is 0 Å². The average molecular weight is 305 g/mol. The number of urea groups is 1. The van der Waals surface area contributed by atoms with Gasteiger partial charge < -0.3 is 9.84 Å². The average Bonchev–Trinajstić information content (AvgIpc) is 3.19. The first kappa shape index (κ1) is 14.1. The van der Waals surface area contributed by atoms with Crippen LogP contribution in [0.4, 0.5) is 10.7 Å². The van der Waals surface area contributed by atoms with Gasteiger partial charge in [0.05, 0.1) is 11.7 Å². The zero-order valence-corrected chi connectivity index (χ0v) is 12.8. The van der Waals surface area contributed by atoms with Crippen LogP contribution in [0.2, 0.25) is 0 Å². The summed E-state index contributed by atoms with van der Waals surface area (Å²) < 4.78 is 5.01. The van der Waals surface area contributed by atoms with E-state index in [4.69, 9.17) is 4.52 Å². The molecule has 3 rings (SSSR count). The van der Waals surface area contributed by atoms with Crippen LogP contribution < -0.4 is 10.6 Å². The van der Waals surface area contributed by atoms with Crippen LogP contribution in [0.5, 0.6) is 0 Å². The molecule has 112 valence electrons. The minimum atomic E-state index is -0.239. The first-order chi connectivity index (χ1) is 10.2. The highest BCUT2D eigenvalue weighted by Crippen LogP contribution is 2.37. The Morgan fingerprint density at radius 1 is 1.48 bits per heavy atom. The van der Waals surface area contributed by atoms with Crippen molar-refractivity contribution in [3.63, 3.8) is 0 Å². The number of nitrogens with one attached hydrogen (secondary N) is 2. The van der Waals surface area contributed by atoms with Crippen LogP contribution in [0.3, 0.4) is 0 Å². The van der Waals surface area contributed by atoms with E-state index in [1.165, 1.54) is 30.6 Å². The van der Waals surface area contributed by atoms with Gasteiger partial charge in [-0.25, -0.2) is 4.79 Å². The molecule has 21 heavy (non-hydrogen) atoms. The lowest BCUT2D eigenvalue weighted by Crippen LogP contribution is -2.35. The van der Waals surface area contributed by atoms with Gasteiger partial charge in [0.25, 0.3) is 0 Å². The molecule has 1 aliphatic carbocycles. The van der Waals surface area contributed by atoms with E-state index in [0.29, 0.717) is 11.8 Å². The molecule has 0 saturated heterocycles. The van der Waals surface area contributed by atoms with E-state index in [-0.39, 0.29) is 12.1 Å². The Morgan fingerprint density at radius 3 is 2.90 bits per heavy atom. The maximum Gasteiger partial charge on any atom is 0.322 e. The van der Waals surface area contributed by atoms with Crippen LogP contribution >= 0.6 is 11.3 Å². The second kappa shape index (κ2) is 6.30. The minimum Gasteiger partial charge on any atom is -0.338 e. The Labute approximate surface area is 127 Å². The number of carbonyl (C=O) groups excluding carboxylic acids is 1. The summed E-state index contributed by atoms with van der Waals surface area (Å²) in [6, 6.07) is 5.66. The van der Waals surface area contributed by atoms with Crippen molar-refractivity contribution in [3.05, 3.63) is 34.2 Å². The number of amides is 2. The van der Waals surface area contributed by atoms with E-state index in [1.54, 1.807) is 17.4 Å². The maximum atomic E-state index is 12.2. The number of nitrogens with zero attached hydrogens (tertiary/aromatic N) is 1. The molecule has 1 fully saturated rings. The van der Waals surface area contributed by atoms with Gasteiger partial charge in [-0.15, -0.1) is 11.3 Å². The Morgan fingerprint density at radius 2 is 2.29 bits per heavy atom. The lowest BCUT2D eigenvalue weighted by atomic mass is 9.97. The van der Waals surface area contributed by atoms with Crippen molar-refractivity contribution in [1.82, 2.24) is 10.5 Å². The molecule has 0 spiro atoms. The van der Waals surface area contributed by atoms with Crippen LogP contribution in [0.25, 0.3) is 0 Å². The molecule has 5 nitrogen and oxygen atoms in total. The summed E-state index contributed by atoms with van der Waals surface area (Å²) >= 11 is 1.69. The summed E-state index contributed by atoms with van der Waals surface area (Å²) in [5.74, 6) is 0.896. The molecule has 1 unspecified atom stereocenters. The largest absolute Gasteiger partial charge is 0.338 e. The third-order valence-electron chi connectivity index (χ3n) is 3.87. The number of thiophene rings is 1. The number of rotatable bonds is 4. The maximum absolute atomic E-state index is 12.2. The Hall–Kier alpha value is -1.82. The lowest BCUT2D eigenvalue weighted by Gasteiger charge is -2.23. The van der Waals surface area contributed by atoms with Gasteiger partial charge in [-0.05, 0) is 37.1 Å². The van der Waals surface area contributed by atoms with Gasteiger partial charge in [0.15, 0.2) is 0 Å². The second-order valence-corrected chi connectivity index (χ2v) is 6.45. The summed E-state index contributed by atoms with van der Waals surface area (Å²) in [5.41, 5.74) is 0.746. The van der Waals surface area contributed by atoms with Crippen molar-refractivity contribution in [2.24, 2.45) is 5.92 Å². The highest BCUT2D eigenvalue weighted by atomic mass is 32.1. The SMILES string of the molecule is Cc1cc(NC(=O)NC(c2cccs2)C2CCCC2)on1. The highest BCUT2D eigenvalue weighted by molar-refractivity contribution is 7.10. The smallest absolute Gasteiger partial charge is 0.322 e. The summed E-state index contributed by atoms with van der Waals surface area (Å²) in [4.78, 5) is 13.4. The van der Waals surface area contributed by atoms with Crippen molar-refractivity contribution in [2.45, 2.75) is 38.6 Å². The molecule has 0 radical (unpaired) electrons. The van der Waals surface area contributed by atoms with Crippen LogP contribution in [-0.2, 0) is 0 Å². The summed E-state index contributed by atoms with van der Waals surface area (Å²) in [5, 5.41) is 11.6. The third-order valence-corrected chi connectivity index (χ3v) is 4.83. The third kappa shape index (κ3) is 3.44. The fourth-order valence-electron chi connectivity index (χ4n) is 2.89. The van der Waals surface area contributed by atoms with Gasteiger partial charge in [0, 0.05) is 10.9 Å². The standard InChI is InChI=1S/C15H19N3O2S/c1-10-9-13(20-18-10)16-15(19)17-14(11-5-2-3-6-11)12-7-4-8-21-12/h4,7-9,11,14H,2-3,5-6H2,1H3,(H2,16,17,19). The van der Waals surface area contributed by atoms with E-state index in [2.05, 4.69) is 27.2 Å². The Bertz CT molecular complexity index is 588. The van der Waals surface area contributed by atoms with Gasteiger partial charge in [0.1, 0.15) is 0 Å². The molecule has 6 heteroatoms. The van der Waals surface area contributed by atoms with Gasteiger partial charge in [0.2, 0.25) is 5.88 Å². The van der Waals surface area contributed by atoms with Crippen molar-refractivity contribution < 1.29 is 9.32 Å². The van der Waals surface area contributed by atoms with Crippen LogP contribution in [-0.4, -0.2) is 11.2 Å². The molecule has 0 aromatic carbocycles. The van der Waals surface area contributed by atoms with Crippen molar-refractivity contribution in [2.75, 3.05) is 5.32 Å². The number of carbonyl (C=O) groups is 1. The first-order valence-corrected chi connectivity index (χ1v) is 8.14. The molecule has 2 aromatic rings. The second-order valence-electron chi connectivity index (χ2n) is 5.47. The van der Waals surface area contributed by atoms with Crippen molar-refractivity contribution in [1.29, 1.82) is 0 Å². The van der Waals surface area contributed by atoms with E-state index in [1.807, 2.05) is 13.0 Å². The number of aryl methyl sites for hydroxylation is 1. The lowest BCUT2D eigenvalue weighted by molar-refractivity contribution is 0.242. The van der Waals surface area contributed by atoms with Gasteiger partial charge >= 0.3 is 6.03 Å². The zero-order chi connectivity index (χ0) is 14.7. The fourth-order valence-corrected chi connectivity index (χ4v) is 3.76. The van der Waals surface area contributed by atoms with E-state index in [9.17, 15) is 4.79 Å². The van der Waals surface area contributed by atoms with Gasteiger partial charge in [-0.1, -0.05) is 24.1 Å². The van der Waals surface area contributed by atoms with E-state index in [0.717, 1.165) is 5.69 Å². The predicted octanol–water partition coefficient (Wildman–Crippen LogP) is 4.10. The molecule has 2 aromatic heterocycles. The molecule has 0 bridgehead atoms. The molecular formula is C15H19N3O2S. The van der Waals surface area contributed by atoms with Gasteiger partial charge in [-0.3, -0.25) is 5.32 Å². The molecule has 2 N–H and O–H groups in total. The molecule has 1 aliphatic rings. The molecular weight excluding hydrogens is 286 g/mol. The predicted molar refractivity (Wildman–Crippen MR) is 82.4 cm³/mol. The number of anilines is 1. The molecule has 2 amide bonds. The molecule has 1 saturated carbocycles. The molecule has 0 aliphatic heterocycles. The summed E-state index contributed by atoms with van der Waals surface area (Å²) in [7, 11) is 0.